The first-order valence-electron chi connectivity index (χ1n) is 0.333. The van der Waals surface area contributed by atoms with E-state index in [1.165, 1.54) is 0 Å². The molecule has 2 radical (unpaired) electrons. The van der Waals surface area contributed by atoms with E-state index in [4.69, 9.17) is 0 Å². The van der Waals surface area contributed by atoms with Crippen LogP contribution in [0.1, 0.15) is 4.28 Å². The van der Waals surface area contributed by atoms with E-state index in [0.717, 1.165) is 0 Å². The summed E-state index contributed by atoms with van der Waals surface area (Å²) in [6, 6.07) is 0. The van der Waals surface area contributed by atoms with Gasteiger partial charge in [0, 0.05) is 0 Å². The predicted molar refractivity (Wildman–Crippen MR) is 24.6 cm³/mol. The average molecular weight is 126 g/mol. The van der Waals surface area contributed by atoms with Crippen LogP contribution in [0.4, 0.5) is 0 Å². The molecular weight excluding hydrogens is 121 g/mol. The molecule has 0 saturated heterocycles. The summed E-state index contributed by atoms with van der Waals surface area (Å²) in [5.41, 5.74) is 0. The SMILES string of the molecule is [B]P.[Ca+2].[H-].[H-].[H-].[K+]. The molecule has 0 aliphatic rings. The molecule has 0 heterocycles. The van der Waals surface area contributed by atoms with Crippen LogP contribution in [0.15, 0.2) is 0 Å². The fraction of sp³-hybridized carbons (Fsp3) is 0. The Bertz CT molecular complexity index is 14.9. The molecule has 0 spiro atoms. The zero-order chi connectivity index (χ0) is 2.00. The van der Waals surface area contributed by atoms with E-state index in [1.807, 2.05) is 9.12 Å². The first-order valence-corrected chi connectivity index (χ1v) is 1.00. The van der Waals surface area contributed by atoms with Crippen molar-refractivity contribution in [2.45, 2.75) is 0 Å². The van der Waals surface area contributed by atoms with Gasteiger partial charge in [0.25, 0.3) is 0 Å². The molecule has 1 atom stereocenters. The van der Waals surface area contributed by atoms with Crippen LogP contribution in [-0.4, -0.2) is 45.3 Å². The Labute approximate surface area is 107 Å². The molecule has 0 nitrogen and oxygen atoms in total. The maximum Gasteiger partial charge on any atom is 2.00 e. The van der Waals surface area contributed by atoms with Gasteiger partial charge in [0.2, 0.25) is 0 Å². The van der Waals surface area contributed by atoms with Gasteiger partial charge in [0.1, 0.15) is 0 Å². The second-order valence-electron chi connectivity index (χ2n) is 0. The number of hydrogen-bond donors (Lipinski definition) is 0. The molecule has 0 aromatic rings. The summed E-state index contributed by atoms with van der Waals surface area (Å²) in [5.74, 6) is 0. The van der Waals surface area contributed by atoms with E-state index in [-0.39, 0.29) is 93.4 Å². The molecule has 0 rings (SSSR count). The summed E-state index contributed by atoms with van der Waals surface area (Å²) in [6.45, 7) is 0. The standard InChI is InChI=1S/BH2P.Ca.K.3H/c1-2;;;;;/h2H2;;;;;/q;+2;+1;3*-1. The Morgan fingerprint density at radius 1 is 1.50 bits per heavy atom. The van der Waals surface area contributed by atoms with Crippen LogP contribution in [0.25, 0.3) is 0 Å². The molecule has 0 aromatic heterocycles. The Balaban J connectivity index is -0.000000000500. The summed E-state index contributed by atoms with van der Waals surface area (Å²) < 4.78 is 0. The van der Waals surface area contributed by atoms with Gasteiger partial charge in [0.05, 0.1) is 7.57 Å². The molecule has 0 aliphatic heterocycles. The predicted octanol–water partition coefficient (Wildman–Crippen LogP) is -3.09. The van der Waals surface area contributed by atoms with Crippen molar-refractivity contribution in [3.05, 3.63) is 0 Å². The molecule has 4 heteroatoms. The molecule has 0 aromatic carbocycles. The maximum atomic E-state index is 4.42. The average Bonchev–Trinajstić information content (AvgIpc) is 1.00. The zero-order valence-corrected chi connectivity index (χ0v) is 9.35. The Morgan fingerprint density at radius 2 is 1.50 bits per heavy atom. The van der Waals surface area contributed by atoms with E-state index < -0.39 is 0 Å². The summed E-state index contributed by atoms with van der Waals surface area (Å²) in [4.78, 5) is 0. The van der Waals surface area contributed by atoms with Gasteiger partial charge in [-0.2, -0.15) is 9.12 Å². The molecule has 4 heavy (non-hydrogen) atoms. The first-order chi connectivity index (χ1) is 1.00. The monoisotopic (exact) mass is 126 g/mol. The van der Waals surface area contributed by atoms with Crippen LogP contribution < -0.4 is 51.4 Å². The smallest absolute Gasteiger partial charge is 1.00 e. The van der Waals surface area contributed by atoms with Crippen molar-refractivity contribution in [2.24, 2.45) is 0 Å². The van der Waals surface area contributed by atoms with Gasteiger partial charge in [-0.25, -0.2) is 0 Å². The van der Waals surface area contributed by atoms with Crippen molar-refractivity contribution < 1.29 is 55.7 Å². The molecule has 1 unspecified atom stereocenters. The molecule has 0 N–H and O–H groups in total. The maximum absolute atomic E-state index is 4.42. The molecular formula is H5BCaKP. The van der Waals surface area contributed by atoms with E-state index >= 15 is 0 Å². The number of hydrogen-bond acceptors (Lipinski definition) is 0. The van der Waals surface area contributed by atoms with E-state index in [0.29, 0.717) is 0 Å². The minimum Gasteiger partial charge on any atom is -1.00 e. The number of rotatable bonds is 0. The van der Waals surface area contributed by atoms with Gasteiger partial charge in [-0.15, -0.1) is 0 Å². The second-order valence-corrected chi connectivity index (χ2v) is 0. The van der Waals surface area contributed by atoms with Crippen LogP contribution in [0, 0.1) is 0 Å². The Hall–Kier alpha value is 3.39. The van der Waals surface area contributed by atoms with Crippen LogP contribution in [0.5, 0.6) is 0 Å². The Kier molecular flexibility index (Phi) is 63.2. The van der Waals surface area contributed by atoms with Crippen molar-refractivity contribution in [1.82, 2.24) is 0 Å². The summed E-state index contributed by atoms with van der Waals surface area (Å²) in [7, 11) is 6.33. The first kappa shape index (κ1) is 15.7. The second kappa shape index (κ2) is 16.2. The van der Waals surface area contributed by atoms with Gasteiger partial charge in [-0.3, -0.25) is 0 Å². The summed E-state index contributed by atoms with van der Waals surface area (Å²) >= 11 is 0. The fourth-order valence-electron chi connectivity index (χ4n) is 0. The third kappa shape index (κ3) is 9.04. The Morgan fingerprint density at radius 3 is 1.50 bits per heavy atom. The van der Waals surface area contributed by atoms with Gasteiger partial charge in [-0.1, -0.05) is 0 Å². The van der Waals surface area contributed by atoms with Crippen molar-refractivity contribution in [2.75, 3.05) is 0 Å². The third-order valence-corrected chi connectivity index (χ3v) is 0. The van der Waals surface area contributed by atoms with Gasteiger partial charge in [-0.05, 0) is 0 Å². The molecule has 0 fully saturated rings. The molecule has 0 saturated carbocycles. The normalized spacial score (nSPS) is 1.25. The minimum absolute atomic E-state index is 0. The van der Waals surface area contributed by atoms with Crippen LogP contribution in [0.3, 0.4) is 0 Å². The van der Waals surface area contributed by atoms with Crippen molar-refractivity contribution in [3.63, 3.8) is 0 Å². The van der Waals surface area contributed by atoms with E-state index in [2.05, 4.69) is 7.57 Å². The van der Waals surface area contributed by atoms with Crippen LogP contribution >= 0.6 is 9.12 Å². The van der Waals surface area contributed by atoms with Gasteiger partial charge in [0.15, 0.2) is 0 Å². The van der Waals surface area contributed by atoms with Crippen LogP contribution in [0.2, 0.25) is 0 Å². The minimum atomic E-state index is 0. The largest absolute Gasteiger partial charge is 2.00 e. The van der Waals surface area contributed by atoms with Crippen LogP contribution in [-0.2, 0) is 0 Å². The van der Waals surface area contributed by atoms with Crippen molar-refractivity contribution >= 4 is 54.4 Å². The molecule has 0 amide bonds. The molecule has 0 bridgehead atoms. The molecule has 16 valence electrons. The third-order valence-electron chi connectivity index (χ3n) is 0. The quantitative estimate of drug-likeness (QED) is 0.238. The summed E-state index contributed by atoms with van der Waals surface area (Å²) in [5, 5.41) is 0. The van der Waals surface area contributed by atoms with Crippen molar-refractivity contribution in [3.8, 4) is 0 Å². The van der Waals surface area contributed by atoms with Gasteiger partial charge >= 0.3 is 89.1 Å². The topological polar surface area (TPSA) is 0 Å². The zero-order valence-electron chi connectivity index (χ0n) is 5.86. The summed E-state index contributed by atoms with van der Waals surface area (Å²) in [6.07, 6.45) is 0. The molecule has 0 aliphatic carbocycles. The van der Waals surface area contributed by atoms with Crippen molar-refractivity contribution in [1.29, 1.82) is 0 Å². The fourth-order valence-corrected chi connectivity index (χ4v) is 0. The van der Waals surface area contributed by atoms with E-state index in [9.17, 15) is 0 Å². The van der Waals surface area contributed by atoms with Gasteiger partial charge < -0.3 is 4.28 Å². The van der Waals surface area contributed by atoms with E-state index in [1.54, 1.807) is 0 Å².